The van der Waals surface area contributed by atoms with E-state index in [0.29, 0.717) is 0 Å². The number of ether oxygens (including phenoxy) is 2. The maximum Gasteiger partial charge on any atom is 0.0351 e. The van der Waals surface area contributed by atoms with Crippen LogP contribution in [0.5, 0.6) is 0 Å². The third kappa shape index (κ3) is 24.7. The average Bonchev–Trinajstić information content (AvgIpc) is 2.59. The van der Waals surface area contributed by atoms with Crippen molar-refractivity contribution in [2.75, 3.05) is 28.4 Å². The van der Waals surface area contributed by atoms with E-state index >= 15 is 0 Å². The van der Waals surface area contributed by atoms with Crippen molar-refractivity contribution in [3.05, 3.63) is 71.8 Å². The molecule has 2 rings (SSSR count). The van der Waals surface area contributed by atoms with Crippen molar-refractivity contribution in [1.82, 2.24) is 0 Å². The molecule has 0 N–H and O–H groups in total. The molecule has 0 unspecified atom stereocenters. The van der Waals surface area contributed by atoms with Crippen LogP contribution in [0.2, 0.25) is 0 Å². The molecular formula is C23H42O2. The van der Waals surface area contributed by atoms with E-state index < -0.39 is 0 Å². The normalized spacial score (nSPS) is 7.76. The molecule has 0 aliphatic carbocycles. The van der Waals surface area contributed by atoms with E-state index in [9.17, 15) is 0 Å². The highest BCUT2D eigenvalue weighted by molar-refractivity contribution is 5.14. The quantitative estimate of drug-likeness (QED) is 0.614. The summed E-state index contributed by atoms with van der Waals surface area (Å²) in [6, 6.07) is 21.0. The minimum Gasteiger partial charge on any atom is -0.388 e. The largest absolute Gasteiger partial charge is 0.388 e. The standard InChI is InChI=1S/C9H12.C8H10.2C2H6O.2CH4/c1-2-6-9-7-4-3-5-8-9;1-2-8-6-4-3-5-7-8;2*1-3-2;;/h3-5,7-8H,2,6H2,1H3;3-7H,2H2,1H3;2*1-2H3;2*1H4. The summed E-state index contributed by atoms with van der Waals surface area (Å²) in [4.78, 5) is 0. The number of hydrogen-bond acceptors (Lipinski definition) is 2. The van der Waals surface area contributed by atoms with Gasteiger partial charge in [0.2, 0.25) is 0 Å². The van der Waals surface area contributed by atoms with E-state index in [2.05, 4.69) is 77.9 Å². The molecule has 2 aromatic rings. The van der Waals surface area contributed by atoms with Crippen LogP contribution in [0.3, 0.4) is 0 Å². The molecule has 0 fully saturated rings. The Morgan fingerprint density at radius 3 is 1.16 bits per heavy atom. The van der Waals surface area contributed by atoms with E-state index in [-0.39, 0.29) is 14.9 Å². The lowest BCUT2D eigenvalue weighted by atomic mass is 10.1. The maximum atomic E-state index is 4.25. The molecule has 0 aliphatic heterocycles. The minimum atomic E-state index is 0. The van der Waals surface area contributed by atoms with Crippen molar-refractivity contribution in [2.45, 2.75) is 48.0 Å². The van der Waals surface area contributed by atoms with E-state index in [1.165, 1.54) is 24.0 Å². The zero-order valence-corrected chi connectivity index (χ0v) is 15.7. The van der Waals surface area contributed by atoms with Crippen molar-refractivity contribution in [2.24, 2.45) is 0 Å². The number of methoxy groups -OCH3 is 2. The second-order valence-electron chi connectivity index (χ2n) is 4.89. The molecule has 25 heavy (non-hydrogen) atoms. The molecule has 0 heterocycles. The van der Waals surface area contributed by atoms with Crippen LogP contribution < -0.4 is 0 Å². The first-order valence-corrected chi connectivity index (χ1v) is 8.08. The van der Waals surface area contributed by atoms with Gasteiger partial charge in [0.05, 0.1) is 0 Å². The molecule has 0 aliphatic rings. The fourth-order valence-corrected chi connectivity index (χ4v) is 1.65. The molecule has 2 nitrogen and oxygen atoms in total. The molecule has 146 valence electrons. The van der Waals surface area contributed by atoms with Gasteiger partial charge in [0.1, 0.15) is 0 Å². The third-order valence-corrected chi connectivity index (χ3v) is 2.63. The predicted octanol–water partition coefficient (Wildman–Crippen LogP) is 6.69. The number of hydrogen-bond donors (Lipinski definition) is 0. The monoisotopic (exact) mass is 350 g/mol. The van der Waals surface area contributed by atoms with Crippen molar-refractivity contribution in [1.29, 1.82) is 0 Å². The fraction of sp³-hybridized carbons (Fsp3) is 0.478. The van der Waals surface area contributed by atoms with Gasteiger partial charge in [0, 0.05) is 28.4 Å². The minimum absolute atomic E-state index is 0. The van der Waals surface area contributed by atoms with Gasteiger partial charge in [-0.1, -0.05) is 95.8 Å². The van der Waals surface area contributed by atoms with Crippen LogP contribution in [0.25, 0.3) is 0 Å². The molecule has 2 heteroatoms. The molecule has 0 saturated heterocycles. The predicted molar refractivity (Wildman–Crippen MR) is 116 cm³/mol. The van der Waals surface area contributed by atoms with Crippen molar-refractivity contribution >= 4 is 0 Å². The SMILES string of the molecule is C.C.CCCc1ccccc1.CCc1ccccc1.COC.COC. The summed E-state index contributed by atoms with van der Waals surface area (Å²) in [5.74, 6) is 0. The van der Waals surface area contributed by atoms with Gasteiger partial charge in [0.15, 0.2) is 0 Å². The lowest BCUT2D eigenvalue weighted by Crippen LogP contribution is -1.78. The molecule has 0 aromatic heterocycles. The third-order valence-electron chi connectivity index (χ3n) is 2.63. The molecule has 0 bridgehead atoms. The highest BCUT2D eigenvalue weighted by Crippen LogP contribution is 2.00. The molecule has 0 amide bonds. The summed E-state index contributed by atoms with van der Waals surface area (Å²) in [7, 11) is 6.50. The molecule has 0 radical (unpaired) electrons. The topological polar surface area (TPSA) is 18.5 Å². The van der Waals surface area contributed by atoms with E-state index in [1.807, 2.05) is 6.07 Å². The summed E-state index contributed by atoms with van der Waals surface area (Å²) in [5.41, 5.74) is 2.85. The van der Waals surface area contributed by atoms with Gasteiger partial charge in [-0.2, -0.15) is 0 Å². The van der Waals surface area contributed by atoms with Crippen LogP contribution >= 0.6 is 0 Å². The summed E-state index contributed by atoms with van der Waals surface area (Å²) < 4.78 is 8.50. The Labute approximate surface area is 158 Å². The second kappa shape index (κ2) is 27.2. The Morgan fingerprint density at radius 1 is 0.600 bits per heavy atom. The van der Waals surface area contributed by atoms with Crippen LogP contribution in [0.15, 0.2) is 60.7 Å². The van der Waals surface area contributed by atoms with Crippen molar-refractivity contribution in [3.8, 4) is 0 Å². The molecule has 0 spiro atoms. The van der Waals surface area contributed by atoms with Crippen LogP contribution in [0, 0.1) is 0 Å². The summed E-state index contributed by atoms with van der Waals surface area (Å²) in [6.45, 7) is 4.36. The summed E-state index contributed by atoms with van der Waals surface area (Å²) >= 11 is 0. The zero-order valence-electron chi connectivity index (χ0n) is 15.7. The van der Waals surface area contributed by atoms with Crippen molar-refractivity contribution < 1.29 is 9.47 Å². The lowest BCUT2D eigenvalue weighted by Gasteiger charge is -1.93. The smallest absolute Gasteiger partial charge is 0.0351 e. The number of benzene rings is 2. The van der Waals surface area contributed by atoms with E-state index in [1.54, 1.807) is 28.4 Å². The van der Waals surface area contributed by atoms with Crippen LogP contribution in [-0.2, 0) is 22.3 Å². The Morgan fingerprint density at radius 2 is 0.920 bits per heavy atom. The van der Waals surface area contributed by atoms with Crippen LogP contribution in [0.1, 0.15) is 46.2 Å². The van der Waals surface area contributed by atoms with Gasteiger partial charge in [0.25, 0.3) is 0 Å². The van der Waals surface area contributed by atoms with Gasteiger partial charge in [-0.3, -0.25) is 0 Å². The molecule has 0 atom stereocenters. The van der Waals surface area contributed by atoms with Gasteiger partial charge >= 0.3 is 0 Å². The fourth-order valence-electron chi connectivity index (χ4n) is 1.65. The van der Waals surface area contributed by atoms with Gasteiger partial charge in [-0.15, -0.1) is 0 Å². The first-order chi connectivity index (χ1) is 11.2. The van der Waals surface area contributed by atoms with E-state index in [4.69, 9.17) is 0 Å². The lowest BCUT2D eigenvalue weighted by molar-refractivity contribution is 0.277. The van der Waals surface area contributed by atoms with Crippen molar-refractivity contribution in [3.63, 3.8) is 0 Å². The molecule has 2 aromatic carbocycles. The molecule has 0 saturated carbocycles. The molecular weight excluding hydrogens is 308 g/mol. The zero-order chi connectivity index (χ0) is 17.8. The van der Waals surface area contributed by atoms with Crippen LogP contribution in [0.4, 0.5) is 0 Å². The Balaban J connectivity index is -0.000000128. The van der Waals surface area contributed by atoms with E-state index in [0.717, 1.165) is 6.42 Å². The highest BCUT2D eigenvalue weighted by Gasteiger charge is 1.84. The maximum absolute atomic E-state index is 4.25. The van der Waals surface area contributed by atoms with Gasteiger partial charge in [-0.25, -0.2) is 0 Å². The second-order valence-corrected chi connectivity index (χ2v) is 4.89. The summed E-state index contributed by atoms with van der Waals surface area (Å²) in [6.07, 6.45) is 3.59. The highest BCUT2D eigenvalue weighted by atomic mass is 16.5. The van der Waals surface area contributed by atoms with Gasteiger partial charge < -0.3 is 9.47 Å². The van der Waals surface area contributed by atoms with Gasteiger partial charge in [-0.05, 0) is 24.0 Å². The Kier molecular flexibility index (Phi) is 33.9. The average molecular weight is 351 g/mol. The first-order valence-electron chi connectivity index (χ1n) is 8.08. The number of aryl methyl sites for hydroxylation is 2. The summed E-state index contributed by atoms with van der Waals surface area (Å²) in [5, 5.41) is 0. The number of rotatable bonds is 3. The Bertz CT molecular complexity index is 411. The first kappa shape index (κ1) is 31.2. The van der Waals surface area contributed by atoms with Crippen LogP contribution in [-0.4, -0.2) is 28.4 Å². The Hall–Kier alpha value is -1.64.